The smallest absolute Gasteiger partial charge is 0.0322 e. The maximum Gasteiger partial charge on any atom is 0.0322 e. The third-order valence-electron chi connectivity index (χ3n) is 5.06. The lowest BCUT2D eigenvalue weighted by Crippen LogP contribution is -2.46. The first kappa shape index (κ1) is 16.9. The van der Waals surface area contributed by atoms with Gasteiger partial charge in [-0.3, -0.25) is 4.90 Å². The highest BCUT2D eigenvalue weighted by molar-refractivity contribution is 7.98. The minimum absolute atomic E-state index is 0.475. The van der Waals surface area contributed by atoms with E-state index in [2.05, 4.69) is 49.3 Å². The fourth-order valence-corrected chi connectivity index (χ4v) is 4.18. The molecule has 0 spiro atoms. The second-order valence-corrected chi connectivity index (χ2v) is 7.01. The molecule has 0 saturated heterocycles. The number of nitrogens with two attached hydrogens (primary N) is 1. The van der Waals surface area contributed by atoms with Crippen molar-refractivity contribution in [2.45, 2.75) is 56.5 Å². The zero-order valence-corrected chi connectivity index (χ0v) is 14.5. The van der Waals surface area contributed by atoms with E-state index < -0.39 is 0 Å². The molecule has 1 aliphatic carbocycles. The van der Waals surface area contributed by atoms with Crippen LogP contribution in [0.1, 0.15) is 51.1 Å². The van der Waals surface area contributed by atoms with E-state index >= 15 is 0 Å². The predicted octanol–water partition coefficient (Wildman–Crippen LogP) is 4.31. The standard InChI is InChI=1S/C18H30N2S/c1-4-20(18-8-6-5-7-16(18)13-19)14(2)15-9-11-17(21-3)12-10-15/h9-12,14,16,18H,4-8,13,19H2,1-3H3. The zero-order chi connectivity index (χ0) is 15.2. The molecular formula is C18H30N2S. The average molecular weight is 307 g/mol. The second kappa shape index (κ2) is 8.21. The van der Waals surface area contributed by atoms with Crippen LogP contribution in [0.5, 0.6) is 0 Å². The van der Waals surface area contributed by atoms with Gasteiger partial charge in [-0.2, -0.15) is 0 Å². The Balaban J connectivity index is 2.14. The van der Waals surface area contributed by atoms with Gasteiger partial charge in [0.15, 0.2) is 0 Å². The van der Waals surface area contributed by atoms with E-state index in [1.165, 1.54) is 36.1 Å². The monoisotopic (exact) mass is 306 g/mol. The van der Waals surface area contributed by atoms with Gasteiger partial charge in [-0.1, -0.05) is 31.9 Å². The van der Waals surface area contributed by atoms with E-state index in [1.807, 2.05) is 0 Å². The fourth-order valence-electron chi connectivity index (χ4n) is 3.77. The summed E-state index contributed by atoms with van der Waals surface area (Å²) >= 11 is 1.81. The highest BCUT2D eigenvalue weighted by Crippen LogP contribution is 2.33. The van der Waals surface area contributed by atoms with Gasteiger partial charge in [0, 0.05) is 17.0 Å². The van der Waals surface area contributed by atoms with E-state index in [0.29, 0.717) is 18.0 Å². The maximum absolute atomic E-state index is 6.03. The molecule has 0 aromatic heterocycles. The molecule has 1 saturated carbocycles. The topological polar surface area (TPSA) is 29.3 Å². The summed E-state index contributed by atoms with van der Waals surface area (Å²) in [6.07, 6.45) is 7.45. The average Bonchev–Trinajstić information content (AvgIpc) is 2.56. The molecule has 3 unspecified atom stereocenters. The molecule has 0 aliphatic heterocycles. The van der Waals surface area contributed by atoms with Gasteiger partial charge in [-0.15, -0.1) is 11.8 Å². The molecule has 0 heterocycles. The van der Waals surface area contributed by atoms with Crippen molar-refractivity contribution in [1.82, 2.24) is 4.90 Å². The maximum atomic E-state index is 6.03. The minimum atomic E-state index is 0.475. The molecule has 1 aromatic rings. The van der Waals surface area contributed by atoms with Crippen molar-refractivity contribution in [2.24, 2.45) is 11.7 Å². The number of nitrogens with zero attached hydrogens (tertiary/aromatic N) is 1. The van der Waals surface area contributed by atoms with Crippen LogP contribution in [0.25, 0.3) is 0 Å². The van der Waals surface area contributed by atoms with Crippen LogP contribution in [0.4, 0.5) is 0 Å². The first-order valence-corrected chi connectivity index (χ1v) is 9.53. The fraction of sp³-hybridized carbons (Fsp3) is 0.667. The summed E-state index contributed by atoms with van der Waals surface area (Å²) in [6.45, 7) is 6.57. The molecule has 118 valence electrons. The highest BCUT2D eigenvalue weighted by Gasteiger charge is 2.31. The van der Waals surface area contributed by atoms with Crippen LogP contribution < -0.4 is 5.73 Å². The highest BCUT2D eigenvalue weighted by atomic mass is 32.2. The number of rotatable bonds is 6. The minimum Gasteiger partial charge on any atom is -0.330 e. The number of hydrogen-bond acceptors (Lipinski definition) is 3. The lowest BCUT2D eigenvalue weighted by atomic mass is 9.82. The molecule has 0 bridgehead atoms. The Hall–Kier alpha value is -0.510. The van der Waals surface area contributed by atoms with Crippen LogP contribution in [-0.4, -0.2) is 30.3 Å². The zero-order valence-electron chi connectivity index (χ0n) is 13.7. The van der Waals surface area contributed by atoms with Crippen LogP contribution in [0, 0.1) is 5.92 Å². The lowest BCUT2D eigenvalue weighted by molar-refractivity contribution is 0.0769. The Labute approximate surface area is 134 Å². The van der Waals surface area contributed by atoms with Crippen LogP contribution >= 0.6 is 11.8 Å². The Bertz CT molecular complexity index is 418. The van der Waals surface area contributed by atoms with Crippen molar-refractivity contribution in [3.8, 4) is 0 Å². The summed E-state index contributed by atoms with van der Waals surface area (Å²) in [7, 11) is 0. The third-order valence-corrected chi connectivity index (χ3v) is 5.80. The molecule has 1 fully saturated rings. The molecule has 2 nitrogen and oxygen atoms in total. The van der Waals surface area contributed by atoms with Crippen LogP contribution in [-0.2, 0) is 0 Å². The number of thioether (sulfide) groups is 1. The molecule has 21 heavy (non-hydrogen) atoms. The van der Waals surface area contributed by atoms with Crippen molar-refractivity contribution in [1.29, 1.82) is 0 Å². The van der Waals surface area contributed by atoms with Crippen molar-refractivity contribution >= 4 is 11.8 Å². The Kier molecular flexibility index (Phi) is 6.59. The van der Waals surface area contributed by atoms with Gasteiger partial charge in [0.1, 0.15) is 0 Å². The van der Waals surface area contributed by atoms with Crippen molar-refractivity contribution in [3.63, 3.8) is 0 Å². The first-order chi connectivity index (χ1) is 10.2. The van der Waals surface area contributed by atoms with Crippen LogP contribution in [0.15, 0.2) is 29.2 Å². The predicted molar refractivity (Wildman–Crippen MR) is 93.8 cm³/mol. The number of hydrogen-bond donors (Lipinski definition) is 1. The summed E-state index contributed by atoms with van der Waals surface area (Å²) in [5, 5.41) is 0. The van der Waals surface area contributed by atoms with Gasteiger partial charge in [0.25, 0.3) is 0 Å². The Morgan fingerprint density at radius 2 is 1.90 bits per heavy atom. The summed E-state index contributed by atoms with van der Waals surface area (Å²) < 4.78 is 0. The van der Waals surface area contributed by atoms with E-state index in [0.717, 1.165) is 13.1 Å². The van der Waals surface area contributed by atoms with E-state index in [9.17, 15) is 0 Å². The molecule has 0 amide bonds. The molecule has 2 N–H and O–H groups in total. The largest absolute Gasteiger partial charge is 0.330 e. The molecular weight excluding hydrogens is 276 g/mol. The molecule has 1 aliphatic rings. The van der Waals surface area contributed by atoms with Gasteiger partial charge in [-0.05, 0) is 62.7 Å². The molecule has 2 rings (SSSR count). The molecule has 0 radical (unpaired) electrons. The first-order valence-electron chi connectivity index (χ1n) is 8.31. The van der Waals surface area contributed by atoms with Gasteiger partial charge >= 0.3 is 0 Å². The summed E-state index contributed by atoms with van der Waals surface area (Å²) in [5.41, 5.74) is 7.46. The molecule has 3 atom stereocenters. The summed E-state index contributed by atoms with van der Waals surface area (Å²) in [6, 6.07) is 10.2. The second-order valence-electron chi connectivity index (χ2n) is 6.13. The SMILES string of the molecule is CCN(C(C)c1ccc(SC)cc1)C1CCCCC1CN. The summed E-state index contributed by atoms with van der Waals surface area (Å²) in [5.74, 6) is 0.673. The molecule has 1 aromatic carbocycles. The summed E-state index contributed by atoms with van der Waals surface area (Å²) in [4.78, 5) is 4.01. The van der Waals surface area contributed by atoms with Crippen LogP contribution in [0.2, 0.25) is 0 Å². The van der Waals surface area contributed by atoms with Gasteiger partial charge in [0.05, 0.1) is 0 Å². The third kappa shape index (κ3) is 4.02. The van der Waals surface area contributed by atoms with Gasteiger partial charge < -0.3 is 5.73 Å². The Morgan fingerprint density at radius 3 is 2.48 bits per heavy atom. The lowest BCUT2D eigenvalue weighted by Gasteiger charge is -2.42. The van der Waals surface area contributed by atoms with E-state index in [-0.39, 0.29) is 0 Å². The van der Waals surface area contributed by atoms with Crippen molar-refractivity contribution in [3.05, 3.63) is 29.8 Å². The normalized spacial score (nSPS) is 24.2. The van der Waals surface area contributed by atoms with Gasteiger partial charge in [-0.25, -0.2) is 0 Å². The number of benzene rings is 1. The Morgan fingerprint density at radius 1 is 1.24 bits per heavy atom. The van der Waals surface area contributed by atoms with Crippen LogP contribution in [0.3, 0.4) is 0 Å². The quantitative estimate of drug-likeness (QED) is 0.794. The van der Waals surface area contributed by atoms with Gasteiger partial charge in [0.2, 0.25) is 0 Å². The van der Waals surface area contributed by atoms with E-state index in [1.54, 1.807) is 11.8 Å². The molecule has 3 heteroatoms. The van der Waals surface area contributed by atoms with Crippen molar-refractivity contribution in [2.75, 3.05) is 19.3 Å². The van der Waals surface area contributed by atoms with Crippen molar-refractivity contribution < 1.29 is 0 Å². The van der Waals surface area contributed by atoms with E-state index in [4.69, 9.17) is 5.73 Å².